The standard InChI is InChI=1S/C21H23N3O3/c1-14-8-10-18(11-9-14)24-16(3)20(26)23(21(24)27)13-19(25)22-12-17-7-5-4-6-15(17)2/h4-11,16H,12-13H2,1-3H3,(H,22,25)/t16-/m1/s1. The first-order chi connectivity index (χ1) is 12.9. The Kier molecular flexibility index (Phi) is 5.26. The highest BCUT2D eigenvalue weighted by Gasteiger charge is 2.43. The number of urea groups is 1. The SMILES string of the molecule is Cc1ccc(N2C(=O)N(CC(=O)NCc3ccccc3C)C(=O)[C@H]2C)cc1. The average Bonchev–Trinajstić information content (AvgIpc) is 2.85. The van der Waals surface area contributed by atoms with Gasteiger partial charge < -0.3 is 5.32 Å². The van der Waals surface area contributed by atoms with Gasteiger partial charge in [0, 0.05) is 12.2 Å². The molecule has 6 nitrogen and oxygen atoms in total. The molecule has 0 unspecified atom stereocenters. The smallest absolute Gasteiger partial charge is 0.332 e. The fraction of sp³-hybridized carbons (Fsp3) is 0.286. The van der Waals surface area contributed by atoms with Crippen LogP contribution in [0.3, 0.4) is 0 Å². The summed E-state index contributed by atoms with van der Waals surface area (Å²) >= 11 is 0. The van der Waals surface area contributed by atoms with Crippen LogP contribution >= 0.6 is 0 Å². The molecule has 2 aromatic rings. The Balaban J connectivity index is 1.67. The molecule has 3 rings (SSSR count). The number of carbonyl (C=O) groups excluding carboxylic acids is 3. The predicted molar refractivity (Wildman–Crippen MR) is 103 cm³/mol. The summed E-state index contributed by atoms with van der Waals surface area (Å²) < 4.78 is 0. The average molecular weight is 365 g/mol. The van der Waals surface area contributed by atoms with Gasteiger partial charge >= 0.3 is 6.03 Å². The zero-order valence-electron chi connectivity index (χ0n) is 15.7. The molecule has 0 aliphatic carbocycles. The molecule has 1 aliphatic rings. The van der Waals surface area contributed by atoms with Crippen LogP contribution < -0.4 is 10.2 Å². The molecule has 1 fully saturated rings. The Morgan fingerprint density at radius 3 is 2.37 bits per heavy atom. The molecule has 1 heterocycles. The van der Waals surface area contributed by atoms with E-state index in [0.29, 0.717) is 12.2 Å². The second-order valence-electron chi connectivity index (χ2n) is 6.79. The van der Waals surface area contributed by atoms with Gasteiger partial charge in [-0.2, -0.15) is 0 Å². The lowest BCUT2D eigenvalue weighted by Crippen LogP contribution is -2.41. The molecule has 0 spiro atoms. The Labute approximate surface area is 158 Å². The van der Waals surface area contributed by atoms with Gasteiger partial charge in [-0.1, -0.05) is 42.0 Å². The molecule has 1 atom stereocenters. The summed E-state index contributed by atoms with van der Waals surface area (Å²) in [7, 11) is 0. The van der Waals surface area contributed by atoms with Crippen LogP contribution in [-0.2, 0) is 16.1 Å². The van der Waals surface area contributed by atoms with Gasteiger partial charge in [0.1, 0.15) is 12.6 Å². The highest BCUT2D eigenvalue weighted by Crippen LogP contribution is 2.25. The number of anilines is 1. The van der Waals surface area contributed by atoms with E-state index in [9.17, 15) is 14.4 Å². The molecule has 140 valence electrons. The fourth-order valence-electron chi connectivity index (χ4n) is 3.11. The van der Waals surface area contributed by atoms with Crippen LogP contribution in [0.2, 0.25) is 0 Å². The minimum Gasteiger partial charge on any atom is -0.350 e. The number of nitrogens with zero attached hydrogens (tertiary/aromatic N) is 2. The summed E-state index contributed by atoms with van der Waals surface area (Å²) in [4.78, 5) is 40.0. The lowest BCUT2D eigenvalue weighted by Gasteiger charge is -2.19. The van der Waals surface area contributed by atoms with E-state index >= 15 is 0 Å². The molecule has 2 aromatic carbocycles. The van der Waals surface area contributed by atoms with E-state index in [-0.39, 0.29) is 18.4 Å². The summed E-state index contributed by atoms with van der Waals surface area (Å²) in [5, 5.41) is 2.78. The summed E-state index contributed by atoms with van der Waals surface area (Å²) in [6.07, 6.45) is 0. The lowest BCUT2D eigenvalue weighted by atomic mass is 10.1. The number of carbonyl (C=O) groups is 3. The predicted octanol–water partition coefficient (Wildman–Crippen LogP) is 2.78. The monoisotopic (exact) mass is 365 g/mol. The molecule has 0 aromatic heterocycles. The molecule has 27 heavy (non-hydrogen) atoms. The van der Waals surface area contributed by atoms with Crippen molar-refractivity contribution in [3.63, 3.8) is 0 Å². The maximum Gasteiger partial charge on any atom is 0.332 e. The van der Waals surface area contributed by atoms with Crippen molar-refractivity contribution in [2.75, 3.05) is 11.4 Å². The van der Waals surface area contributed by atoms with E-state index in [4.69, 9.17) is 0 Å². The molecule has 0 saturated carbocycles. The number of hydrogen-bond donors (Lipinski definition) is 1. The number of amides is 4. The van der Waals surface area contributed by atoms with E-state index in [1.807, 2.05) is 50.2 Å². The van der Waals surface area contributed by atoms with Crippen molar-refractivity contribution in [2.24, 2.45) is 0 Å². The number of rotatable bonds is 5. The van der Waals surface area contributed by atoms with Crippen LogP contribution in [0.1, 0.15) is 23.6 Å². The van der Waals surface area contributed by atoms with Crippen LogP contribution in [0.15, 0.2) is 48.5 Å². The molecule has 1 aliphatic heterocycles. The van der Waals surface area contributed by atoms with Crippen molar-refractivity contribution in [1.82, 2.24) is 10.2 Å². The Hall–Kier alpha value is -3.15. The van der Waals surface area contributed by atoms with Gasteiger partial charge in [0.15, 0.2) is 0 Å². The molecule has 4 amide bonds. The van der Waals surface area contributed by atoms with E-state index < -0.39 is 12.1 Å². The Morgan fingerprint density at radius 2 is 1.70 bits per heavy atom. The van der Waals surface area contributed by atoms with Crippen molar-refractivity contribution in [3.05, 3.63) is 65.2 Å². The maximum absolute atomic E-state index is 12.7. The van der Waals surface area contributed by atoms with Crippen molar-refractivity contribution < 1.29 is 14.4 Å². The number of imide groups is 1. The van der Waals surface area contributed by atoms with Crippen LogP contribution in [-0.4, -0.2) is 35.3 Å². The normalized spacial score (nSPS) is 16.8. The number of aryl methyl sites for hydroxylation is 2. The molecule has 1 saturated heterocycles. The number of benzene rings is 2. The first-order valence-corrected chi connectivity index (χ1v) is 8.91. The van der Waals surface area contributed by atoms with Crippen molar-refractivity contribution in [3.8, 4) is 0 Å². The minimum absolute atomic E-state index is 0.281. The molecule has 0 bridgehead atoms. The number of hydrogen-bond acceptors (Lipinski definition) is 3. The van der Waals surface area contributed by atoms with Gasteiger partial charge in [-0.25, -0.2) is 4.79 Å². The Bertz CT molecular complexity index is 876. The maximum atomic E-state index is 12.7. The van der Waals surface area contributed by atoms with Gasteiger partial charge in [-0.15, -0.1) is 0 Å². The quantitative estimate of drug-likeness (QED) is 0.829. The molecular weight excluding hydrogens is 342 g/mol. The minimum atomic E-state index is -0.635. The van der Waals surface area contributed by atoms with Crippen LogP contribution in [0.5, 0.6) is 0 Å². The topological polar surface area (TPSA) is 69.7 Å². The van der Waals surface area contributed by atoms with Crippen LogP contribution in [0, 0.1) is 13.8 Å². The highest BCUT2D eigenvalue weighted by atomic mass is 16.2. The third-order valence-electron chi connectivity index (χ3n) is 4.80. The van der Waals surface area contributed by atoms with Gasteiger partial charge in [0.05, 0.1) is 0 Å². The fourth-order valence-corrected chi connectivity index (χ4v) is 3.11. The second kappa shape index (κ2) is 7.61. The van der Waals surface area contributed by atoms with Gasteiger partial charge in [0.2, 0.25) is 5.91 Å². The van der Waals surface area contributed by atoms with E-state index in [2.05, 4.69) is 5.32 Å². The zero-order chi connectivity index (χ0) is 19.6. The first-order valence-electron chi connectivity index (χ1n) is 8.91. The van der Waals surface area contributed by atoms with Gasteiger partial charge in [0.25, 0.3) is 5.91 Å². The summed E-state index contributed by atoms with van der Waals surface area (Å²) in [6.45, 7) is 5.67. The second-order valence-corrected chi connectivity index (χ2v) is 6.79. The van der Waals surface area contributed by atoms with Crippen LogP contribution in [0.4, 0.5) is 10.5 Å². The summed E-state index contributed by atoms with van der Waals surface area (Å²) in [5.41, 5.74) is 3.79. The van der Waals surface area contributed by atoms with Crippen molar-refractivity contribution >= 4 is 23.5 Å². The zero-order valence-corrected chi connectivity index (χ0v) is 15.7. The largest absolute Gasteiger partial charge is 0.350 e. The molecule has 0 radical (unpaired) electrons. The molecule has 6 heteroatoms. The highest BCUT2D eigenvalue weighted by molar-refractivity contribution is 6.15. The van der Waals surface area contributed by atoms with Crippen molar-refractivity contribution in [2.45, 2.75) is 33.4 Å². The summed E-state index contributed by atoms with van der Waals surface area (Å²) in [6, 6.07) is 14.0. The van der Waals surface area contributed by atoms with E-state index in [0.717, 1.165) is 21.6 Å². The van der Waals surface area contributed by atoms with Gasteiger partial charge in [-0.05, 0) is 44.0 Å². The van der Waals surface area contributed by atoms with E-state index in [1.165, 1.54) is 4.90 Å². The van der Waals surface area contributed by atoms with E-state index in [1.54, 1.807) is 19.1 Å². The lowest BCUT2D eigenvalue weighted by molar-refractivity contribution is -0.131. The van der Waals surface area contributed by atoms with Crippen LogP contribution in [0.25, 0.3) is 0 Å². The van der Waals surface area contributed by atoms with Gasteiger partial charge in [-0.3, -0.25) is 19.4 Å². The third-order valence-corrected chi connectivity index (χ3v) is 4.80. The third kappa shape index (κ3) is 3.84. The molecule has 1 N–H and O–H groups in total. The first kappa shape index (κ1) is 18.6. The molecular formula is C21H23N3O3. The summed E-state index contributed by atoms with van der Waals surface area (Å²) in [5.74, 6) is -0.732. The number of nitrogens with one attached hydrogen (secondary N) is 1. The Morgan fingerprint density at radius 1 is 1.04 bits per heavy atom. The van der Waals surface area contributed by atoms with Crippen molar-refractivity contribution in [1.29, 1.82) is 0 Å².